The zero-order chi connectivity index (χ0) is 12.8. The molecule has 0 bridgehead atoms. The van der Waals surface area contributed by atoms with Gasteiger partial charge in [0.15, 0.2) is 0 Å². The van der Waals surface area contributed by atoms with Gasteiger partial charge in [-0.3, -0.25) is 0 Å². The van der Waals surface area contributed by atoms with Crippen LogP contribution < -0.4 is 5.32 Å². The van der Waals surface area contributed by atoms with Gasteiger partial charge in [0.2, 0.25) is 0 Å². The van der Waals surface area contributed by atoms with E-state index >= 15 is 0 Å². The lowest BCUT2D eigenvalue weighted by Crippen LogP contribution is -2.20. The van der Waals surface area contributed by atoms with Crippen LogP contribution in [-0.4, -0.2) is 0 Å². The van der Waals surface area contributed by atoms with E-state index in [0.29, 0.717) is 0 Å². The summed E-state index contributed by atoms with van der Waals surface area (Å²) >= 11 is 0. The van der Waals surface area contributed by atoms with Crippen LogP contribution in [0.5, 0.6) is 0 Å². The van der Waals surface area contributed by atoms with Crippen molar-refractivity contribution in [3.8, 4) is 0 Å². The predicted molar refractivity (Wildman–Crippen MR) is 74.2 cm³/mol. The van der Waals surface area contributed by atoms with Crippen LogP contribution in [0.2, 0.25) is 0 Å². The fourth-order valence-electron chi connectivity index (χ4n) is 1.95. The molecule has 0 spiro atoms. The molecule has 0 amide bonds. The van der Waals surface area contributed by atoms with E-state index < -0.39 is 0 Å². The Bertz CT molecular complexity index is 473. The Morgan fingerprint density at radius 1 is 1.22 bits per heavy atom. The van der Waals surface area contributed by atoms with Gasteiger partial charge < -0.3 is 9.73 Å². The first-order valence-corrected chi connectivity index (χ1v) is 6.21. The number of hydrogen-bond donors (Lipinski definition) is 1. The summed E-state index contributed by atoms with van der Waals surface area (Å²) in [7, 11) is 0. The first-order chi connectivity index (χ1) is 8.75. The lowest BCUT2D eigenvalue weighted by molar-refractivity contribution is 0.408. The number of nitrogens with one attached hydrogen (secondary N) is 1. The van der Waals surface area contributed by atoms with Gasteiger partial charge in [0.25, 0.3) is 0 Å². The Morgan fingerprint density at radius 3 is 2.61 bits per heavy atom. The van der Waals surface area contributed by atoms with Gasteiger partial charge in [0.05, 0.1) is 12.3 Å². The van der Waals surface area contributed by atoms with E-state index in [4.69, 9.17) is 4.42 Å². The van der Waals surface area contributed by atoms with Gasteiger partial charge in [-0.25, -0.2) is 0 Å². The predicted octanol–water partition coefficient (Wildman–Crippen LogP) is 4.08. The fourth-order valence-corrected chi connectivity index (χ4v) is 1.95. The molecular formula is C16H19NO. The second-order valence-electron chi connectivity index (χ2n) is 4.60. The first kappa shape index (κ1) is 12.7. The molecule has 1 aromatic heterocycles. The van der Waals surface area contributed by atoms with Crippen LogP contribution in [-0.2, 0) is 6.54 Å². The van der Waals surface area contributed by atoms with Crippen LogP contribution in [0.15, 0.2) is 65.3 Å². The zero-order valence-corrected chi connectivity index (χ0v) is 10.7. The molecule has 1 aromatic carbocycles. The maximum atomic E-state index is 5.48. The van der Waals surface area contributed by atoms with Gasteiger partial charge in [-0.15, -0.1) is 6.58 Å². The number of benzene rings is 1. The molecule has 2 rings (SSSR count). The highest BCUT2D eigenvalue weighted by atomic mass is 16.3. The first-order valence-electron chi connectivity index (χ1n) is 6.21. The lowest BCUT2D eigenvalue weighted by Gasteiger charge is -2.16. The summed E-state index contributed by atoms with van der Waals surface area (Å²) in [5, 5.41) is 3.52. The summed E-state index contributed by atoms with van der Waals surface area (Å²) in [5.74, 6) is 0.967. The van der Waals surface area contributed by atoms with Crippen molar-refractivity contribution < 1.29 is 4.42 Å². The summed E-state index contributed by atoms with van der Waals surface area (Å²) in [6.07, 6.45) is 2.60. The minimum Gasteiger partial charge on any atom is -0.468 e. The Labute approximate surface area is 108 Å². The molecule has 0 aliphatic heterocycles. The summed E-state index contributed by atoms with van der Waals surface area (Å²) in [4.78, 5) is 0. The van der Waals surface area contributed by atoms with E-state index in [1.54, 1.807) is 6.26 Å². The Balaban J connectivity index is 2.00. The maximum Gasteiger partial charge on any atom is 0.121 e. The average molecular weight is 241 g/mol. The van der Waals surface area contributed by atoms with Crippen molar-refractivity contribution in [3.63, 3.8) is 0 Å². The molecule has 0 unspecified atom stereocenters. The highest BCUT2D eigenvalue weighted by molar-refractivity contribution is 5.15. The Hall–Kier alpha value is -1.80. The summed E-state index contributed by atoms with van der Waals surface area (Å²) in [6, 6.07) is 14.5. The molecule has 1 atom stereocenters. The van der Waals surface area contributed by atoms with E-state index in [9.17, 15) is 0 Å². The highest BCUT2D eigenvalue weighted by Crippen LogP contribution is 2.21. The van der Waals surface area contributed by atoms with Crippen molar-refractivity contribution in [2.24, 2.45) is 0 Å². The largest absolute Gasteiger partial charge is 0.468 e. The van der Waals surface area contributed by atoms with Gasteiger partial charge >= 0.3 is 0 Å². The summed E-state index contributed by atoms with van der Waals surface area (Å²) in [6.45, 7) is 6.85. The smallest absolute Gasteiger partial charge is 0.121 e. The molecule has 0 fully saturated rings. The number of hydrogen-bond acceptors (Lipinski definition) is 2. The topological polar surface area (TPSA) is 25.2 Å². The second kappa shape index (κ2) is 6.22. The molecule has 0 radical (unpaired) electrons. The van der Waals surface area contributed by atoms with Crippen molar-refractivity contribution in [3.05, 3.63) is 72.2 Å². The zero-order valence-electron chi connectivity index (χ0n) is 10.7. The molecule has 1 N–H and O–H groups in total. The van der Waals surface area contributed by atoms with Crippen LogP contribution in [0.4, 0.5) is 0 Å². The summed E-state index contributed by atoms with van der Waals surface area (Å²) in [5.41, 5.74) is 2.42. The molecule has 2 heteroatoms. The van der Waals surface area contributed by atoms with E-state index in [1.807, 2.05) is 25.1 Å². The molecule has 0 aliphatic rings. The monoisotopic (exact) mass is 241 g/mol. The maximum absolute atomic E-state index is 5.48. The van der Waals surface area contributed by atoms with Crippen LogP contribution in [0.1, 0.15) is 30.7 Å². The molecule has 94 valence electrons. The molecule has 1 heterocycles. The van der Waals surface area contributed by atoms with Gasteiger partial charge in [-0.2, -0.15) is 0 Å². The van der Waals surface area contributed by atoms with Crippen molar-refractivity contribution in [1.82, 2.24) is 5.32 Å². The van der Waals surface area contributed by atoms with E-state index in [1.165, 1.54) is 5.56 Å². The van der Waals surface area contributed by atoms with Gasteiger partial charge in [0.1, 0.15) is 5.76 Å². The van der Waals surface area contributed by atoms with Crippen molar-refractivity contribution in [2.45, 2.75) is 25.9 Å². The minimum absolute atomic E-state index is 0.192. The Kier molecular flexibility index (Phi) is 4.37. The third-order valence-electron chi connectivity index (χ3n) is 2.83. The summed E-state index contributed by atoms with van der Waals surface area (Å²) < 4.78 is 5.48. The highest BCUT2D eigenvalue weighted by Gasteiger charge is 2.13. The molecule has 0 aliphatic carbocycles. The van der Waals surface area contributed by atoms with E-state index in [2.05, 4.69) is 36.2 Å². The third kappa shape index (κ3) is 3.60. The van der Waals surface area contributed by atoms with Crippen molar-refractivity contribution in [1.29, 1.82) is 0 Å². The van der Waals surface area contributed by atoms with Crippen LogP contribution in [0.3, 0.4) is 0 Å². The number of furan rings is 1. The third-order valence-corrected chi connectivity index (χ3v) is 2.83. The van der Waals surface area contributed by atoms with Gasteiger partial charge in [-0.1, -0.05) is 35.9 Å². The van der Waals surface area contributed by atoms with E-state index in [0.717, 1.165) is 24.3 Å². The molecule has 2 aromatic rings. The average Bonchev–Trinajstić information content (AvgIpc) is 2.89. The molecule has 18 heavy (non-hydrogen) atoms. The lowest BCUT2D eigenvalue weighted by atomic mass is 10.1. The quantitative estimate of drug-likeness (QED) is 0.771. The minimum atomic E-state index is 0.192. The standard InChI is InChI=1S/C16H19NO/c1-13(2)11-15(16-9-6-10-18-16)17-12-14-7-4-3-5-8-14/h3-10,15,17H,1,11-12H2,2H3/t15-/m1/s1. The van der Waals surface area contributed by atoms with Gasteiger partial charge in [0, 0.05) is 6.54 Å². The van der Waals surface area contributed by atoms with Crippen LogP contribution in [0.25, 0.3) is 0 Å². The second-order valence-corrected chi connectivity index (χ2v) is 4.60. The number of rotatable bonds is 6. The fraction of sp³-hybridized carbons (Fsp3) is 0.250. The molecular weight excluding hydrogens is 222 g/mol. The molecule has 0 saturated heterocycles. The van der Waals surface area contributed by atoms with E-state index in [-0.39, 0.29) is 6.04 Å². The SMILES string of the molecule is C=C(C)C[C@@H](NCc1ccccc1)c1ccco1. The van der Waals surface area contributed by atoms with Crippen molar-refractivity contribution >= 4 is 0 Å². The van der Waals surface area contributed by atoms with Crippen LogP contribution >= 0.6 is 0 Å². The van der Waals surface area contributed by atoms with Crippen LogP contribution in [0, 0.1) is 0 Å². The van der Waals surface area contributed by atoms with Gasteiger partial charge in [-0.05, 0) is 31.0 Å². The molecule has 0 saturated carbocycles. The molecule has 2 nitrogen and oxygen atoms in total. The Morgan fingerprint density at radius 2 is 2.00 bits per heavy atom. The normalized spacial score (nSPS) is 12.3. The van der Waals surface area contributed by atoms with Crippen molar-refractivity contribution in [2.75, 3.05) is 0 Å².